The molecule has 0 aliphatic heterocycles. The van der Waals surface area contributed by atoms with Crippen LogP contribution in [0.25, 0.3) is 0 Å². The number of halogens is 1. The van der Waals surface area contributed by atoms with Crippen LogP contribution < -0.4 is 9.62 Å². The van der Waals surface area contributed by atoms with Gasteiger partial charge in [0, 0.05) is 4.47 Å². The number of nitrogens with zero attached hydrogens (tertiary/aromatic N) is 1. The van der Waals surface area contributed by atoms with Gasteiger partial charge in [0.05, 0.1) is 18.0 Å². The fourth-order valence-corrected chi connectivity index (χ4v) is 4.25. The summed E-state index contributed by atoms with van der Waals surface area (Å²) < 4.78 is 26.3. The average Bonchev–Trinajstić information content (AvgIpc) is 2.57. The molecule has 27 heavy (non-hydrogen) atoms. The van der Waals surface area contributed by atoms with Crippen LogP contribution in [-0.4, -0.2) is 27.1 Å². The Kier molecular flexibility index (Phi) is 7.06. The standard InChI is InChI=1S/C20H25BrN2O3S/c1-5-19(18-10-9-14(2)11-15(18)3)22-20(24)13-23(27(4,25)26)17-8-6-7-16(21)12-17/h6-12,19H,5,13H2,1-4H3,(H,22,24). The van der Waals surface area contributed by atoms with Gasteiger partial charge in [-0.3, -0.25) is 9.10 Å². The van der Waals surface area contributed by atoms with Crippen LogP contribution in [0.5, 0.6) is 0 Å². The van der Waals surface area contributed by atoms with Crippen LogP contribution in [0.4, 0.5) is 5.69 Å². The normalized spacial score (nSPS) is 12.5. The van der Waals surface area contributed by atoms with Gasteiger partial charge in [-0.15, -0.1) is 0 Å². The Morgan fingerprint density at radius 2 is 1.89 bits per heavy atom. The monoisotopic (exact) mass is 452 g/mol. The minimum Gasteiger partial charge on any atom is -0.348 e. The van der Waals surface area contributed by atoms with Crippen molar-refractivity contribution in [2.24, 2.45) is 0 Å². The van der Waals surface area contributed by atoms with Crippen molar-refractivity contribution in [2.75, 3.05) is 17.1 Å². The lowest BCUT2D eigenvalue weighted by atomic mass is 9.97. The molecule has 1 amide bonds. The predicted octanol–water partition coefficient (Wildman–Crippen LogP) is 4.10. The highest BCUT2D eigenvalue weighted by Crippen LogP contribution is 2.24. The number of sulfonamides is 1. The lowest BCUT2D eigenvalue weighted by molar-refractivity contribution is -0.120. The van der Waals surface area contributed by atoms with Crippen molar-refractivity contribution in [3.63, 3.8) is 0 Å². The van der Waals surface area contributed by atoms with Gasteiger partial charge in [-0.2, -0.15) is 0 Å². The van der Waals surface area contributed by atoms with Gasteiger partial charge >= 0.3 is 0 Å². The third-order valence-corrected chi connectivity index (χ3v) is 5.96. The van der Waals surface area contributed by atoms with Crippen LogP contribution in [0.1, 0.15) is 36.1 Å². The lowest BCUT2D eigenvalue weighted by Crippen LogP contribution is -2.41. The molecule has 0 fully saturated rings. The molecule has 1 unspecified atom stereocenters. The molecule has 0 saturated heterocycles. The molecule has 0 aliphatic carbocycles. The molecule has 1 atom stereocenters. The van der Waals surface area contributed by atoms with Crippen LogP contribution in [0.3, 0.4) is 0 Å². The summed E-state index contributed by atoms with van der Waals surface area (Å²) >= 11 is 3.34. The Bertz CT molecular complexity index is 929. The van der Waals surface area contributed by atoms with Gasteiger partial charge in [0.2, 0.25) is 15.9 Å². The lowest BCUT2D eigenvalue weighted by Gasteiger charge is -2.25. The van der Waals surface area contributed by atoms with E-state index in [9.17, 15) is 13.2 Å². The Labute approximate surface area is 170 Å². The maximum atomic E-state index is 12.7. The molecule has 0 aliphatic rings. The van der Waals surface area contributed by atoms with E-state index in [0.717, 1.165) is 31.7 Å². The fourth-order valence-electron chi connectivity index (χ4n) is 3.02. The number of aryl methyl sites for hydroxylation is 2. The van der Waals surface area contributed by atoms with Gasteiger partial charge in [0.1, 0.15) is 6.54 Å². The third-order valence-electron chi connectivity index (χ3n) is 4.33. The van der Waals surface area contributed by atoms with E-state index in [1.165, 1.54) is 0 Å². The molecule has 2 rings (SSSR count). The van der Waals surface area contributed by atoms with Crippen molar-refractivity contribution in [3.8, 4) is 0 Å². The summed E-state index contributed by atoms with van der Waals surface area (Å²) in [4.78, 5) is 12.7. The number of carbonyl (C=O) groups is 1. The number of hydrogen-bond acceptors (Lipinski definition) is 3. The average molecular weight is 453 g/mol. The molecular weight excluding hydrogens is 428 g/mol. The second kappa shape index (κ2) is 8.89. The Balaban J connectivity index is 2.22. The molecule has 2 aromatic carbocycles. The summed E-state index contributed by atoms with van der Waals surface area (Å²) in [6.07, 6.45) is 1.81. The van der Waals surface area contributed by atoms with E-state index in [4.69, 9.17) is 0 Å². The van der Waals surface area contributed by atoms with Crippen LogP contribution in [-0.2, 0) is 14.8 Å². The van der Waals surface area contributed by atoms with Gasteiger partial charge in [-0.05, 0) is 49.6 Å². The summed E-state index contributed by atoms with van der Waals surface area (Å²) in [6.45, 7) is 5.77. The highest BCUT2D eigenvalue weighted by Gasteiger charge is 2.23. The molecule has 146 valence electrons. The van der Waals surface area contributed by atoms with Crippen molar-refractivity contribution >= 4 is 37.5 Å². The SMILES string of the molecule is CCC(NC(=O)CN(c1cccc(Br)c1)S(C)(=O)=O)c1ccc(C)cc1C. The molecule has 1 N–H and O–H groups in total. The van der Waals surface area contributed by atoms with Crippen LogP contribution >= 0.6 is 15.9 Å². The number of nitrogens with one attached hydrogen (secondary N) is 1. The highest BCUT2D eigenvalue weighted by molar-refractivity contribution is 9.10. The molecule has 0 bridgehead atoms. The Morgan fingerprint density at radius 1 is 1.19 bits per heavy atom. The van der Waals surface area contributed by atoms with E-state index in [-0.39, 0.29) is 18.5 Å². The molecule has 0 spiro atoms. The minimum atomic E-state index is -3.60. The quantitative estimate of drug-likeness (QED) is 0.687. The van der Waals surface area contributed by atoms with E-state index < -0.39 is 10.0 Å². The molecule has 7 heteroatoms. The maximum Gasteiger partial charge on any atom is 0.241 e. The summed E-state index contributed by atoms with van der Waals surface area (Å²) in [6, 6.07) is 12.8. The summed E-state index contributed by atoms with van der Waals surface area (Å²) in [5, 5.41) is 2.97. The van der Waals surface area contributed by atoms with Crippen LogP contribution in [0.15, 0.2) is 46.9 Å². The van der Waals surface area contributed by atoms with Crippen LogP contribution in [0.2, 0.25) is 0 Å². The van der Waals surface area contributed by atoms with Crippen molar-refractivity contribution in [2.45, 2.75) is 33.2 Å². The summed E-state index contributed by atoms with van der Waals surface area (Å²) in [5.74, 6) is -0.341. The van der Waals surface area contributed by atoms with Crippen molar-refractivity contribution in [3.05, 3.63) is 63.6 Å². The molecule has 5 nitrogen and oxygen atoms in total. The van der Waals surface area contributed by atoms with E-state index in [2.05, 4.69) is 27.3 Å². The first kappa shape index (κ1) is 21.4. The minimum absolute atomic E-state index is 0.165. The first-order valence-electron chi connectivity index (χ1n) is 8.71. The topological polar surface area (TPSA) is 66.5 Å². The van der Waals surface area contributed by atoms with E-state index in [1.54, 1.807) is 24.3 Å². The summed E-state index contributed by atoms with van der Waals surface area (Å²) in [7, 11) is -3.60. The van der Waals surface area contributed by atoms with Crippen molar-refractivity contribution in [1.29, 1.82) is 0 Å². The second-order valence-corrected chi connectivity index (χ2v) is 9.46. The molecule has 0 saturated carbocycles. The van der Waals surface area contributed by atoms with E-state index >= 15 is 0 Å². The zero-order chi connectivity index (χ0) is 20.2. The van der Waals surface area contributed by atoms with Gasteiger partial charge < -0.3 is 5.32 Å². The van der Waals surface area contributed by atoms with Gasteiger partial charge in [-0.1, -0.05) is 52.7 Å². The number of carbonyl (C=O) groups excluding carboxylic acids is 1. The van der Waals surface area contributed by atoms with Crippen LogP contribution in [0, 0.1) is 13.8 Å². The Morgan fingerprint density at radius 3 is 2.44 bits per heavy atom. The van der Waals surface area contributed by atoms with Gasteiger partial charge in [0.15, 0.2) is 0 Å². The first-order chi connectivity index (χ1) is 12.6. The van der Waals surface area contributed by atoms with Crippen molar-refractivity contribution < 1.29 is 13.2 Å². The molecule has 0 aromatic heterocycles. The zero-order valence-corrected chi connectivity index (χ0v) is 18.4. The molecule has 0 radical (unpaired) electrons. The molecule has 2 aromatic rings. The molecule has 0 heterocycles. The smallest absolute Gasteiger partial charge is 0.241 e. The fraction of sp³-hybridized carbons (Fsp3) is 0.350. The number of amides is 1. The maximum absolute atomic E-state index is 12.7. The van der Waals surface area contributed by atoms with E-state index in [1.807, 2.05) is 32.9 Å². The van der Waals surface area contributed by atoms with Gasteiger partial charge in [0.25, 0.3) is 0 Å². The highest BCUT2D eigenvalue weighted by atomic mass is 79.9. The molecular formula is C20H25BrN2O3S. The largest absolute Gasteiger partial charge is 0.348 e. The third kappa shape index (κ3) is 5.81. The Hall–Kier alpha value is -1.86. The number of benzene rings is 2. The van der Waals surface area contributed by atoms with Gasteiger partial charge in [-0.25, -0.2) is 8.42 Å². The number of anilines is 1. The first-order valence-corrected chi connectivity index (χ1v) is 11.4. The predicted molar refractivity (Wildman–Crippen MR) is 113 cm³/mol. The second-order valence-electron chi connectivity index (χ2n) is 6.64. The number of rotatable bonds is 7. The van der Waals surface area contributed by atoms with Crippen molar-refractivity contribution in [1.82, 2.24) is 5.32 Å². The zero-order valence-electron chi connectivity index (χ0n) is 16.0. The summed E-state index contributed by atoms with van der Waals surface area (Å²) in [5.41, 5.74) is 3.76. The van der Waals surface area contributed by atoms with E-state index in [0.29, 0.717) is 12.1 Å². The number of hydrogen-bond donors (Lipinski definition) is 1.